The van der Waals surface area contributed by atoms with Crippen molar-refractivity contribution in [3.8, 4) is 0 Å². The number of rotatable bonds is 6. The molecule has 1 aliphatic carbocycles. The van der Waals surface area contributed by atoms with Crippen molar-refractivity contribution in [1.29, 1.82) is 0 Å². The number of halogens is 1. The highest BCUT2D eigenvalue weighted by Crippen LogP contribution is 2.32. The summed E-state index contributed by atoms with van der Waals surface area (Å²) < 4.78 is 0. The van der Waals surface area contributed by atoms with Crippen LogP contribution in [0.2, 0.25) is 5.02 Å². The van der Waals surface area contributed by atoms with Crippen molar-refractivity contribution in [2.45, 2.75) is 44.7 Å². The first kappa shape index (κ1) is 19.2. The van der Waals surface area contributed by atoms with E-state index in [1.165, 1.54) is 0 Å². The summed E-state index contributed by atoms with van der Waals surface area (Å²) in [4.78, 5) is 23.5. The van der Waals surface area contributed by atoms with E-state index in [1.807, 2.05) is 0 Å². The maximum absolute atomic E-state index is 11.4. The number of nitrogens with zero attached hydrogens (tertiary/aromatic N) is 4. The molecular weight excluding hydrogens is 370 g/mol. The molecule has 2 heterocycles. The molecule has 3 rings (SSSR count). The van der Waals surface area contributed by atoms with Crippen LogP contribution in [0.15, 0.2) is 18.3 Å². The highest BCUT2D eigenvalue weighted by Gasteiger charge is 2.27. The number of nitrogens with two attached hydrogens (primary N) is 2. The maximum atomic E-state index is 11.4. The fourth-order valence-corrected chi connectivity index (χ4v) is 3.51. The molecule has 0 atom stereocenters. The Morgan fingerprint density at radius 2 is 2.00 bits per heavy atom. The van der Waals surface area contributed by atoms with E-state index in [1.54, 1.807) is 18.3 Å². The number of hydrogen-bond donors (Lipinski definition) is 3. The van der Waals surface area contributed by atoms with Crippen LogP contribution in [0, 0.1) is 16.0 Å². The quantitative estimate of drug-likeness (QED) is 0.503. The topological polar surface area (TPSA) is 146 Å². The van der Waals surface area contributed by atoms with Gasteiger partial charge in [-0.2, -0.15) is 4.98 Å². The Morgan fingerprint density at radius 1 is 1.26 bits per heavy atom. The molecule has 0 amide bonds. The normalized spacial score (nSPS) is 19.6. The van der Waals surface area contributed by atoms with Crippen molar-refractivity contribution in [1.82, 2.24) is 15.0 Å². The monoisotopic (exact) mass is 391 g/mol. The van der Waals surface area contributed by atoms with Gasteiger partial charge in [0.2, 0.25) is 11.8 Å². The van der Waals surface area contributed by atoms with Crippen LogP contribution in [0.3, 0.4) is 0 Å². The van der Waals surface area contributed by atoms with Gasteiger partial charge < -0.3 is 16.8 Å². The Hall–Kier alpha value is -2.52. The molecule has 27 heavy (non-hydrogen) atoms. The van der Waals surface area contributed by atoms with Gasteiger partial charge in [0.05, 0.1) is 22.2 Å². The summed E-state index contributed by atoms with van der Waals surface area (Å²) in [5.41, 5.74) is 12.6. The van der Waals surface area contributed by atoms with Crippen LogP contribution in [0.4, 0.5) is 17.5 Å². The number of nitrogen functional groups attached to an aromatic ring is 1. The van der Waals surface area contributed by atoms with Gasteiger partial charge in [0, 0.05) is 12.2 Å². The van der Waals surface area contributed by atoms with Crippen LogP contribution in [0.1, 0.15) is 37.1 Å². The van der Waals surface area contributed by atoms with E-state index in [0.29, 0.717) is 28.7 Å². The second-order valence-corrected chi connectivity index (χ2v) is 7.16. The average Bonchev–Trinajstić information content (AvgIpc) is 2.62. The summed E-state index contributed by atoms with van der Waals surface area (Å²) >= 11 is 6.09. The fraction of sp³-hybridized carbons (Fsp3) is 0.471. The molecule has 0 unspecified atom stereocenters. The van der Waals surface area contributed by atoms with Gasteiger partial charge in [-0.1, -0.05) is 11.6 Å². The van der Waals surface area contributed by atoms with Crippen molar-refractivity contribution < 1.29 is 4.92 Å². The number of nitro groups is 1. The van der Waals surface area contributed by atoms with Crippen molar-refractivity contribution in [2.75, 3.05) is 11.1 Å². The van der Waals surface area contributed by atoms with E-state index in [-0.39, 0.29) is 30.0 Å². The lowest BCUT2D eigenvalue weighted by molar-refractivity contribution is -0.385. The van der Waals surface area contributed by atoms with Gasteiger partial charge >= 0.3 is 5.69 Å². The van der Waals surface area contributed by atoms with Gasteiger partial charge in [0.1, 0.15) is 5.69 Å². The molecule has 0 bridgehead atoms. The van der Waals surface area contributed by atoms with E-state index in [9.17, 15) is 10.1 Å². The number of anilines is 2. The fourth-order valence-electron chi connectivity index (χ4n) is 3.32. The molecule has 5 N–H and O–H groups in total. The molecule has 1 saturated carbocycles. The Morgan fingerprint density at radius 3 is 2.67 bits per heavy atom. The van der Waals surface area contributed by atoms with Gasteiger partial charge in [-0.3, -0.25) is 15.1 Å². The van der Waals surface area contributed by atoms with E-state index >= 15 is 0 Å². The molecule has 144 valence electrons. The Balaban J connectivity index is 1.80. The predicted octanol–water partition coefficient (Wildman–Crippen LogP) is 2.69. The van der Waals surface area contributed by atoms with Crippen molar-refractivity contribution in [3.63, 3.8) is 0 Å². The smallest absolute Gasteiger partial charge is 0.332 e. The molecule has 0 saturated heterocycles. The minimum Gasteiger partial charge on any atom is -0.378 e. The summed E-state index contributed by atoms with van der Waals surface area (Å²) in [7, 11) is 0. The van der Waals surface area contributed by atoms with Crippen LogP contribution in [0.25, 0.3) is 0 Å². The molecule has 0 aromatic carbocycles. The summed E-state index contributed by atoms with van der Waals surface area (Å²) in [5, 5.41) is 15.0. The zero-order valence-corrected chi connectivity index (χ0v) is 15.5. The third kappa shape index (κ3) is 4.81. The molecule has 0 spiro atoms. The van der Waals surface area contributed by atoms with Gasteiger partial charge in [-0.05, 0) is 50.2 Å². The zero-order chi connectivity index (χ0) is 19.4. The SMILES string of the molecule is Nc1nc(NCc2ncccc2Cl)nc(CC2CCC(N)CC2)c1[N+](=O)[O-]. The summed E-state index contributed by atoms with van der Waals surface area (Å²) in [5.74, 6) is 0.380. The molecule has 10 heteroatoms. The third-order valence-electron chi connectivity index (χ3n) is 4.79. The predicted molar refractivity (Wildman–Crippen MR) is 103 cm³/mol. The van der Waals surface area contributed by atoms with Crippen LogP contribution in [0.5, 0.6) is 0 Å². The molecule has 9 nitrogen and oxygen atoms in total. The summed E-state index contributed by atoms with van der Waals surface area (Å²) in [6.07, 6.45) is 5.80. The molecule has 0 aliphatic heterocycles. The first-order chi connectivity index (χ1) is 12.9. The second kappa shape index (κ2) is 8.45. The minimum absolute atomic E-state index is 0.146. The Bertz CT molecular complexity index is 825. The lowest BCUT2D eigenvalue weighted by Gasteiger charge is -2.25. The molecule has 1 fully saturated rings. The van der Waals surface area contributed by atoms with Crippen LogP contribution >= 0.6 is 11.6 Å². The Labute approximate surface area is 161 Å². The van der Waals surface area contributed by atoms with Crippen molar-refractivity contribution in [3.05, 3.63) is 44.9 Å². The van der Waals surface area contributed by atoms with Crippen molar-refractivity contribution >= 4 is 29.1 Å². The summed E-state index contributed by atoms with van der Waals surface area (Å²) in [6, 6.07) is 3.68. The first-order valence-corrected chi connectivity index (χ1v) is 9.21. The molecule has 2 aromatic heterocycles. The van der Waals surface area contributed by atoms with E-state index < -0.39 is 4.92 Å². The lowest BCUT2D eigenvalue weighted by atomic mass is 9.83. The van der Waals surface area contributed by atoms with Crippen LogP contribution in [-0.4, -0.2) is 25.9 Å². The highest BCUT2D eigenvalue weighted by molar-refractivity contribution is 6.31. The standard InChI is InChI=1S/C17H22ClN7O2/c18-12-2-1-7-21-14(12)9-22-17-23-13(15(25(26)27)16(20)24-17)8-10-3-5-11(19)6-4-10/h1-2,7,10-11H,3-6,8-9,19H2,(H3,20,22,23,24). The lowest BCUT2D eigenvalue weighted by Crippen LogP contribution is -2.27. The van der Waals surface area contributed by atoms with E-state index in [2.05, 4.69) is 20.3 Å². The first-order valence-electron chi connectivity index (χ1n) is 8.83. The Kier molecular flexibility index (Phi) is 6.02. The largest absolute Gasteiger partial charge is 0.378 e. The average molecular weight is 392 g/mol. The molecule has 1 aliphatic rings. The number of hydrogen-bond acceptors (Lipinski definition) is 8. The number of nitrogens with one attached hydrogen (secondary N) is 1. The maximum Gasteiger partial charge on any atom is 0.332 e. The highest BCUT2D eigenvalue weighted by atomic mass is 35.5. The van der Waals surface area contributed by atoms with Gasteiger partial charge in [0.15, 0.2) is 0 Å². The number of pyridine rings is 1. The van der Waals surface area contributed by atoms with Crippen LogP contribution < -0.4 is 16.8 Å². The molecule has 2 aromatic rings. The minimum atomic E-state index is -0.515. The zero-order valence-electron chi connectivity index (χ0n) is 14.8. The third-order valence-corrected chi connectivity index (χ3v) is 5.13. The second-order valence-electron chi connectivity index (χ2n) is 6.76. The molecular formula is C17H22ClN7O2. The van der Waals surface area contributed by atoms with Gasteiger partial charge in [-0.25, -0.2) is 4.98 Å². The van der Waals surface area contributed by atoms with Crippen molar-refractivity contribution in [2.24, 2.45) is 11.7 Å². The molecule has 0 radical (unpaired) electrons. The van der Waals surface area contributed by atoms with Gasteiger partial charge in [-0.15, -0.1) is 0 Å². The van der Waals surface area contributed by atoms with Crippen LogP contribution in [-0.2, 0) is 13.0 Å². The number of aromatic nitrogens is 3. The summed E-state index contributed by atoms with van der Waals surface area (Å²) in [6.45, 7) is 0.286. The van der Waals surface area contributed by atoms with E-state index in [0.717, 1.165) is 25.7 Å². The van der Waals surface area contributed by atoms with Gasteiger partial charge in [0.25, 0.3) is 0 Å². The van der Waals surface area contributed by atoms with E-state index in [4.69, 9.17) is 23.1 Å².